The molecule has 2 rings (SSSR count). The minimum absolute atomic E-state index is 0.528. The second kappa shape index (κ2) is 4.96. The molecule has 2 aromatic heterocycles. The van der Waals surface area contributed by atoms with Crippen molar-refractivity contribution < 1.29 is 9.53 Å². The first-order valence-corrected chi connectivity index (χ1v) is 6.25. The lowest BCUT2D eigenvalue weighted by Crippen LogP contribution is -2.27. The Morgan fingerprint density at radius 3 is 2.80 bits per heavy atom. The lowest BCUT2D eigenvalue weighted by molar-refractivity contribution is 0.0636. The lowest BCUT2D eigenvalue weighted by atomic mass is 10.2. The van der Waals surface area contributed by atoms with Crippen LogP contribution in [0.3, 0.4) is 0 Å². The van der Waals surface area contributed by atoms with Gasteiger partial charge in [-0.25, -0.2) is 4.79 Å². The van der Waals surface area contributed by atoms with Gasteiger partial charge in [-0.3, -0.25) is 15.0 Å². The Bertz CT molecular complexity index is 668. The summed E-state index contributed by atoms with van der Waals surface area (Å²) < 4.78 is 6.89. The van der Waals surface area contributed by atoms with Gasteiger partial charge in [-0.1, -0.05) is 12.7 Å². The van der Waals surface area contributed by atoms with Gasteiger partial charge in [0.1, 0.15) is 16.6 Å². The topological polar surface area (TPSA) is 69.0 Å². The Kier molecular flexibility index (Phi) is 3.48. The van der Waals surface area contributed by atoms with Crippen molar-refractivity contribution in [1.82, 2.24) is 14.8 Å². The van der Waals surface area contributed by atoms with Gasteiger partial charge in [-0.2, -0.15) is 5.10 Å². The molecule has 6 heteroatoms. The first-order chi connectivity index (χ1) is 9.30. The summed E-state index contributed by atoms with van der Waals surface area (Å²) in [5.41, 5.74) is 2.14. The SMILES string of the molecule is C=Cc1c(NC(=O)OC(C)(C)C)cnc2cn(C)nc12. The van der Waals surface area contributed by atoms with E-state index in [0.29, 0.717) is 11.2 Å². The van der Waals surface area contributed by atoms with Crippen LogP contribution in [-0.4, -0.2) is 26.5 Å². The van der Waals surface area contributed by atoms with Crippen LogP contribution >= 0.6 is 0 Å². The van der Waals surface area contributed by atoms with E-state index in [1.807, 2.05) is 7.05 Å². The van der Waals surface area contributed by atoms with Gasteiger partial charge in [0.15, 0.2) is 0 Å². The van der Waals surface area contributed by atoms with Crippen LogP contribution in [0.2, 0.25) is 0 Å². The molecule has 0 saturated carbocycles. The first-order valence-electron chi connectivity index (χ1n) is 6.25. The zero-order valence-electron chi connectivity index (χ0n) is 12.1. The molecule has 2 aromatic rings. The summed E-state index contributed by atoms with van der Waals surface area (Å²) in [5.74, 6) is 0. The minimum Gasteiger partial charge on any atom is -0.444 e. The van der Waals surface area contributed by atoms with Crippen LogP contribution < -0.4 is 5.32 Å². The number of fused-ring (bicyclic) bond motifs is 1. The second-order valence-corrected chi connectivity index (χ2v) is 5.45. The molecule has 6 nitrogen and oxygen atoms in total. The predicted octanol–water partition coefficient (Wildman–Crippen LogP) is 2.96. The number of nitrogens with zero attached hydrogens (tertiary/aromatic N) is 3. The number of anilines is 1. The molecular weight excluding hydrogens is 256 g/mol. The van der Waals surface area contributed by atoms with Crippen molar-refractivity contribution in [3.63, 3.8) is 0 Å². The zero-order valence-corrected chi connectivity index (χ0v) is 12.1. The maximum Gasteiger partial charge on any atom is 0.412 e. The molecule has 0 saturated heterocycles. The number of ether oxygens (including phenoxy) is 1. The standard InChI is InChI=1S/C14H18N4O2/c1-6-9-10(16-13(19)20-14(2,3)4)7-15-11-8-18(5)17-12(9)11/h6-8H,1H2,2-5H3,(H,16,19). The number of nitrogens with one attached hydrogen (secondary N) is 1. The number of carbonyl (C=O) groups excluding carboxylic acids is 1. The van der Waals surface area contributed by atoms with Gasteiger partial charge in [-0.05, 0) is 20.8 Å². The van der Waals surface area contributed by atoms with Gasteiger partial charge < -0.3 is 4.74 Å². The molecule has 0 spiro atoms. The summed E-state index contributed by atoms with van der Waals surface area (Å²) in [6, 6.07) is 0. The Morgan fingerprint density at radius 1 is 1.50 bits per heavy atom. The Morgan fingerprint density at radius 2 is 2.20 bits per heavy atom. The third kappa shape index (κ3) is 2.96. The van der Waals surface area contributed by atoms with Gasteiger partial charge in [0.05, 0.1) is 18.1 Å². The summed E-state index contributed by atoms with van der Waals surface area (Å²) in [4.78, 5) is 16.1. The quantitative estimate of drug-likeness (QED) is 0.914. The highest BCUT2D eigenvalue weighted by molar-refractivity contribution is 5.95. The maximum atomic E-state index is 11.8. The van der Waals surface area contributed by atoms with E-state index in [4.69, 9.17) is 4.74 Å². The Hall–Kier alpha value is -2.37. The molecule has 106 valence electrons. The fraction of sp³-hybridized carbons (Fsp3) is 0.357. The molecule has 0 aliphatic heterocycles. The fourth-order valence-electron chi connectivity index (χ4n) is 1.81. The summed E-state index contributed by atoms with van der Waals surface area (Å²) in [6.07, 6.45) is 4.49. The van der Waals surface area contributed by atoms with Crippen molar-refractivity contribution in [2.75, 3.05) is 5.32 Å². The highest BCUT2D eigenvalue weighted by atomic mass is 16.6. The molecule has 20 heavy (non-hydrogen) atoms. The Labute approximate surface area is 117 Å². The van der Waals surface area contributed by atoms with Crippen LogP contribution in [-0.2, 0) is 11.8 Å². The van der Waals surface area contributed by atoms with Gasteiger partial charge in [-0.15, -0.1) is 0 Å². The van der Waals surface area contributed by atoms with E-state index in [2.05, 4.69) is 22.0 Å². The molecular formula is C14H18N4O2. The molecule has 0 aliphatic carbocycles. The van der Waals surface area contributed by atoms with E-state index < -0.39 is 11.7 Å². The number of amides is 1. The first kappa shape index (κ1) is 14.0. The second-order valence-electron chi connectivity index (χ2n) is 5.45. The van der Waals surface area contributed by atoms with Crippen molar-refractivity contribution in [3.8, 4) is 0 Å². The number of carbonyl (C=O) groups is 1. The molecule has 0 radical (unpaired) electrons. The highest BCUT2D eigenvalue weighted by Gasteiger charge is 2.18. The van der Waals surface area contributed by atoms with Crippen molar-refractivity contribution in [1.29, 1.82) is 0 Å². The molecule has 0 aliphatic rings. The number of pyridine rings is 1. The molecule has 1 amide bonds. The number of aryl methyl sites for hydroxylation is 1. The summed E-state index contributed by atoms with van der Waals surface area (Å²) in [5, 5.41) is 6.99. The molecule has 0 atom stereocenters. The monoisotopic (exact) mass is 274 g/mol. The fourth-order valence-corrected chi connectivity index (χ4v) is 1.81. The lowest BCUT2D eigenvalue weighted by Gasteiger charge is -2.20. The van der Waals surface area contributed by atoms with Crippen LogP contribution in [0.5, 0.6) is 0 Å². The van der Waals surface area contributed by atoms with Crippen LogP contribution in [0.4, 0.5) is 10.5 Å². The Balaban J connectivity index is 2.35. The predicted molar refractivity (Wildman–Crippen MR) is 78.5 cm³/mol. The van der Waals surface area contributed by atoms with Gasteiger partial charge in [0, 0.05) is 12.6 Å². The van der Waals surface area contributed by atoms with Crippen molar-refractivity contribution in [3.05, 3.63) is 24.5 Å². The molecule has 0 bridgehead atoms. The zero-order chi connectivity index (χ0) is 14.9. The number of rotatable bonds is 2. The largest absolute Gasteiger partial charge is 0.444 e. The summed E-state index contributed by atoms with van der Waals surface area (Å²) >= 11 is 0. The smallest absolute Gasteiger partial charge is 0.412 e. The number of hydrogen-bond donors (Lipinski definition) is 1. The van der Waals surface area contributed by atoms with Crippen LogP contribution in [0, 0.1) is 0 Å². The third-order valence-electron chi connectivity index (χ3n) is 2.53. The summed E-state index contributed by atoms with van der Waals surface area (Å²) in [6.45, 7) is 9.18. The average Bonchev–Trinajstić information content (AvgIpc) is 2.66. The number of aromatic nitrogens is 3. The number of hydrogen-bond acceptors (Lipinski definition) is 4. The molecule has 1 N–H and O–H groups in total. The van der Waals surface area contributed by atoms with E-state index in [0.717, 1.165) is 11.1 Å². The third-order valence-corrected chi connectivity index (χ3v) is 2.53. The van der Waals surface area contributed by atoms with Crippen molar-refractivity contribution in [2.24, 2.45) is 7.05 Å². The minimum atomic E-state index is -0.555. The molecule has 2 heterocycles. The van der Waals surface area contributed by atoms with E-state index >= 15 is 0 Å². The highest BCUT2D eigenvalue weighted by Crippen LogP contribution is 2.24. The molecule has 0 unspecified atom stereocenters. The van der Waals surface area contributed by atoms with Gasteiger partial charge in [0.25, 0.3) is 0 Å². The normalized spacial score (nSPS) is 11.4. The van der Waals surface area contributed by atoms with E-state index in [-0.39, 0.29) is 0 Å². The molecule has 0 aromatic carbocycles. The average molecular weight is 274 g/mol. The van der Waals surface area contributed by atoms with Crippen molar-refractivity contribution in [2.45, 2.75) is 26.4 Å². The summed E-state index contributed by atoms with van der Waals surface area (Å²) in [7, 11) is 1.81. The van der Waals surface area contributed by atoms with Gasteiger partial charge >= 0.3 is 6.09 Å². The van der Waals surface area contributed by atoms with Crippen LogP contribution in [0.15, 0.2) is 19.0 Å². The molecule has 0 fully saturated rings. The van der Waals surface area contributed by atoms with Crippen molar-refractivity contribution >= 4 is 28.9 Å². The van der Waals surface area contributed by atoms with Gasteiger partial charge in [0.2, 0.25) is 0 Å². The van der Waals surface area contributed by atoms with E-state index in [9.17, 15) is 4.79 Å². The van der Waals surface area contributed by atoms with E-state index in [1.165, 1.54) is 0 Å². The van der Waals surface area contributed by atoms with Crippen LogP contribution in [0.25, 0.3) is 17.1 Å². The maximum absolute atomic E-state index is 11.8. The van der Waals surface area contributed by atoms with E-state index in [1.54, 1.807) is 43.9 Å². The van der Waals surface area contributed by atoms with Crippen LogP contribution in [0.1, 0.15) is 26.3 Å².